The van der Waals surface area contributed by atoms with Crippen LogP contribution in [0.15, 0.2) is 33.1 Å². The Bertz CT molecular complexity index is 647. The van der Waals surface area contributed by atoms with Gasteiger partial charge in [0.2, 0.25) is 0 Å². The smallest absolute Gasteiger partial charge is 0.192 e. The SMILES string of the molecule is Cc1cc(CN=C(NCc2cccs2)N[C@H](C)[C@@H]2CCCO2)on1. The zero-order valence-electron chi connectivity index (χ0n) is 14.1. The van der Waals surface area contributed by atoms with Crippen molar-refractivity contribution in [2.45, 2.75) is 51.9 Å². The fraction of sp³-hybridized carbons (Fsp3) is 0.529. The summed E-state index contributed by atoms with van der Waals surface area (Å²) in [5.41, 5.74) is 0.869. The Labute approximate surface area is 146 Å². The molecule has 0 spiro atoms. The van der Waals surface area contributed by atoms with Crippen molar-refractivity contribution < 1.29 is 9.26 Å². The Hall–Kier alpha value is -1.86. The number of rotatable bonds is 6. The topological polar surface area (TPSA) is 71.7 Å². The summed E-state index contributed by atoms with van der Waals surface area (Å²) in [5.74, 6) is 1.52. The average Bonchev–Trinajstić information content (AvgIpc) is 3.31. The van der Waals surface area contributed by atoms with Crippen LogP contribution in [0.4, 0.5) is 0 Å². The van der Waals surface area contributed by atoms with Gasteiger partial charge in [0.05, 0.1) is 24.4 Å². The Morgan fingerprint density at radius 2 is 2.46 bits per heavy atom. The van der Waals surface area contributed by atoms with Gasteiger partial charge in [-0.2, -0.15) is 0 Å². The summed E-state index contributed by atoms with van der Waals surface area (Å²) in [6.45, 7) is 6.10. The van der Waals surface area contributed by atoms with E-state index in [1.54, 1.807) is 11.3 Å². The van der Waals surface area contributed by atoms with Gasteiger partial charge < -0.3 is 19.9 Å². The Balaban J connectivity index is 1.62. The Kier molecular flexibility index (Phi) is 5.87. The fourth-order valence-corrected chi connectivity index (χ4v) is 3.33. The normalized spacial score (nSPS) is 19.4. The molecular formula is C17H24N4O2S. The third kappa shape index (κ3) is 4.82. The summed E-state index contributed by atoms with van der Waals surface area (Å²) in [5, 5.41) is 12.8. The molecule has 2 atom stereocenters. The Morgan fingerprint density at radius 1 is 1.54 bits per heavy atom. The molecule has 3 heterocycles. The van der Waals surface area contributed by atoms with Gasteiger partial charge in [-0.25, -0.2) is 4.99 Å². The summed E-state index contributed by atoms with van der Waals surface area (Å²) in [6, 6.07) is 6.28. The standard InChI is InChI=1S/C17H24N4O2S/c1-12-9-14(23-21-12)10-18-17(19-11-15-5-4-8-24-15)20-13(2)16-6-3-7-22-16/h4-5,8-9,13,16H,3,6-7,10-11H2,1-2H3,(H2,18,19,20)/t13-,16+/m1/s1. The molecule has 1 fully saturated rings. The number of nitrogens with one attached hydrogen (secondary N) is 2. The first-order valence-electron chi connectivity index (χ1n) is 8.32. The minimum absolute atomic E-state index is 0.207. The monoisotopic (exact) mass is 348 g/mol. The molecule has 0 bridgehead atoms. The molecule has 7 heteroatoms. The average molecular weight is 348 g/mol. The number of guanidine groups is 1. The van der Waals surface area contributed by atoms with E-state index in [4.69, 9.17) is 9.26 Å². The molecule has 0 radical (unpaired) electrons. The summed E-state index contributed by atoms with van der Waals surface area (Å²) >= 11 is 1.73. The summed E-state index contributed by atoms with van der Waals surface area (Å²) < 4.78 is 11.0. The summed E-state index contributed by atoms with van der Waals surface area (Å²) in [6.07, 6.45) is 2.46. The van der Waals surface area contributed by atoms with Gasteiger partial charge >= 0.3 is 0 Å². The molecule has 0 aliphatic carbocycles. The maximum atomic E-state index is 5.76. The molecule has 0 amide bonds. The van der Waals surface area contributed by atoms with Crippen molar-refractivity contribution in [3.8, 4) is 0 Å². The second-order valence-electron chi connectivity index (χ2n) is 6.02. The number of thiophene rings is 1. The van der Waals surface area contributed by atoms with Gasteiger partial charge in [-0.3, -0.25) is 0 Å². The predicted molar refractivity (Wildman–Crippen MR) is 95.1 cm³/mol. The number of hydrogen-bond acceptors (Lipinski definition) is 5. The van der Waals surface area contributed by atoms with E-state index in [0.717, 1.165) is 43.4 Å². The van der Waals surface area contributed by atoms with E-state index in [1.807, 2.05) is 13.0 Å². The quantitative estimate of drug-likeness (QED) is 0.620. The van der Waals surface area contributed by atoms with Crippen LogP contribution in [0, 0.1) is 6.92 Å². The van der Waals surface area contributed by atoms with Crippen molar-refractivity contribution in [3.05, 3.63) is 39.9 Å². The van der Waals surface area contributed by atoms with Gasteiger partial charge in [0, 0.05) is 17.6 Å². The lowest BCUT2D eigenvalue weighted by Crippen LogP contribution is -2.46. The highest BCUT2D eigenvalue weighted by molar-refractivity contribution is 7.09. The van der Waals surface area contributed by atoms with Gasteiger partial charge in [-0.05, 0) is 38.1 Å². The zero-order valence-corrected chi connectivity index (χ0v) is 14.9. The van der Waals surface area contributed by atoms with Crippen LogP contribution >= 0.6 is 11.3 Å². The Morgan fingerprint density at radius 3 is 3.12 bits per heavy atom. The zero-order chi connectivity index (χ0) is 16.8. The molecule has 0 unspecified atom stereocenters. The van der Waals surface area contributed by atoms with E-state index in [0.29, 0.717) is 6.54 Å². The number of aliphatic imine (C=N–C) groups is 1. The number of hydrogen-bond donors (Lipinski definition) is 2. The van der Waals surface area contributed by atoms with Crippen molar-refractivity contribution >= 4 is 17.3 Å². The second kappa shape index (κ2) is 8.30. The highest BCUT2D eigenvalue weighted by atomic mass is 32.1. The van der Waals surface area contributed by atoms with E-state index in [1.165, 1.54) is 4.88 Å². The van der Waals surface area contributed by atoms with Crippen LogP contribution in [0.5, 0.6) is 0 Å². The summed E-state index contributed by atoms with van der Waals surface area (Å²) in [7, 11) is 0. The minimum atomic E-state index is 0.207. The van der Waals surface area contributed by atoms with E-state index >= 15 is 0 Å². The minimum Gasteiger partial charge on any atom is -0.376 e. The number of nitrogens with zero attached hydrogens (tertiary/aromatic N) is 2. The molecule has 1 saturated heterocycles. The first-order chi connectivity index (χ1) is 11.7. The van der Waals surface area contributed by atoms with Crippen molar-refractivity contribution in [3.63, 3.8) is 0 Å². The van der Waals surface area contributed by atoms with Gasteiger partial charge in [-0.15, -0.1) is 11.3 Å². The molecule has 2 N–H and O–H groups in total. The first kappa shape index (κ1) is 17.0. The van der Waals surface area contributed by atoms with Crippen molar-refractivity contribution in [1.29, 1.82) is 0 Å². The summed E-state index contributed by atoms with van der Waals surface area (Å²) in [4.78, 5) is 5.90. The lowest BCUT2D eigenvalue weighted by molar-refractivity contribution is 0.0890. The molecule has 3 rings (SSSR count). The van der Waals surface area contributed by atoms with E-state index < -0.39 is 0 Å². The maximum Gasteiger partial charge on any atom is 0.192 e. The van der Waals surface area contributed by atoms with Crippen LogP contribution in [0.1, 0.15) is 36.1 Å². The van der Waals surface area contributed by atoms with Crippen molar-refractivity contribution in [1.82, 2.24) is 15.8 Å². The van der Waals surface area contributed by atoms with Gasteiger partial charge in [0.15, 0.2) is 11.7 Å². The number of ether oxygens (including phenoxy) is 1. The van der Waals surface area contributed by atoms with E-state index in [9.17, 15) is 0 Å². The predicted octanol–water partition coefficient (Wildman–Crippen LogP) is 2.85. The molecule has 1 aliphatic heterocycles. The second-order valence-corrected chi connectivity index (χ2v) is 7.05. The van der Waals surface area contributed by atoms with Gasteiger partial charge in [-0.1, -0.05) is 11.2 Å². The molecule has 0 aromatic carbocycles. The lowest BCUT2D eigenvalue weighted by Gasteiger charge is -2.22. The number of aryl methyl sites for hydroxylation is 1. The molecule has 130 valence electrons. The van der Waals surface area contributed by atoms with Crippen LogP contribution in [0.3, 0.4) is 0 Å². The largest absolute Gasteiger partial charge is 0.376 e. The molecule has 2 aromatic heterocycles. The molecule has 0 saturated carbocycles. The molecule has 1 aliphatic rings. The van der Waals surface area contributed by atoms with Crippen LogP contribution in [0.25, 0.3) is 0 Å². The van der Waals surface area contributed by atoms with Crippen LogP contribution in [-0.4, -0.2) is 29.9 Å². The third-order valence-electron chi connectivity index (χ3n) is 3.97. The lowest BCUT2D eigenvalue weighted by atomic mass is 10.1. The molecular weight excluding hydrogens is 324 g/mol. The maximum absolute atomic E-state index is 5.76. The highest BCUT2D eigenvalue weighted by Crippen LogP contribution is 2.15. The van der Waals surface area contributed by atoms with Crippen LogP contribution in [-0.2, 0) is 17.8 Å². The third-order valence-corrected chi connectivity index (χ3v) is 4.84. The van der Waals surface area contributed by atoms with Crippen LogP contribution < -0.4 is 10.6 Å². The first-order valence-corrected chi connectivity index (χ1v) is 9.19. The van der Waals surface area contributed by atoms with E-state index in [2.05, 4.69) is 45.2 Å². The fourth-order valence-electron chi connectivity index (χ4n) is 2.69. The molecule has 2 aromatic rings. The van der Waals surface area contributed by atoms with Gasteiger partial charge in [0.25, 0.3) is 0 Å². The van der Waals surface area contributed by atoms with Crippen molar-refractivity contribution in [2.75, 3.05) is 6.61 Å². The van der Waals surface area contributed by atoms with Crippen LogP contribution in [0.2, 0.25) is 0 Å². The number of aromatic nitrogens is 1. The molecule has 6 nitrogen and oxygen atoms in total. The van der Waals surface area contributed by atoms with E-state index in [-0.39, 0.29) is 12.1 Å². The van der Waals surface area contributed by atoms with Gasteiger partial charge in [0.1, 0.15) is 6.54 Å². The highest BCUT2D eigenvalue weighted by Gasteiger charge is 2.23. The molecule has 24 heavy (non-hydrogen) atoms. The van der Waals surface area contributed by atoms with Crippen molar-refractivity contribution in [2.24, 2.45) is 4.99 Å².